The van der Waals surface area contributed by atoms with Gasteiger partial charge in [-0.25, -0.2) is 0 Å². The molecule has 2 heterocycles. The molecule has 10 heavy (non-hydrogen) atoms. The number of hydrogen-bond acceptors (Lipinski definition) is 3. The lowest BCUT2D eigenvalue weighted by Gasteiger charge is -1.93. The second-order valence-corrected chi connectivity index (χ2v) is 2.03. The number of rotatable bonds is 0. The van der Waals surface area contributed by atoms with Crippen molar-refractivity contribution in [3.8, 4) is 11.5 Å². The summed E-state index contributed by atoms with van der Waals surface area (Å²) in [4.78, 5) is 3.93. The fourth-order valence-electron chi connectivity index (χ4n) is 0.843. The molecule has 51 valence electrons. The zero-order valence-corrected chi connectivity index (χ0v) is 5.33. The van der Waals surface area contributed by atoms with Crippen LogP contribution >= 0.6 is 0 Å². The summed E-state index contributed by atoms with van der Waals surface area (Å²) in [5.41, 5.74) is 0.698. The number of pyridine rings is 1. The Hall–Kier alpha value is -1.25. The van der Waals surface area contributed by atoms with Crippen LogP contribution in [0.5, 0.6) is 11.5 Å². The molecule has 0 saturated carbocycles. The van der Waals surface area contributed by atoms with Crippen LogP contribution in [0.15, 0.2) is 12.3 Å². The Bertz CT molecular complexity index is 260. The Balaban J connectivity index is 2.52. The minimum Gasteiger partial charge on any atom is -0.453 e. The van der Waals surface area contributed by atoms with Crippen LogP contribution < -0.4 is 9.47 Å². The van der Waals surface area contributed by atoms with Crippen molar-refractivity contribution in [2.24, 2.45) is 0 Å². The average molecular weight is 136 g/mol. The summed E-state index contributed by atoms with van der Waals surface area (Å²) in [6, 6.07) is 1.75. The molecule has 0 spiro atoms. The maximum absolute atomic E-state index is 5.08. The SMILES string of the molecule is [CH2]c1cc2c(cn1)OCO2. The van der Waals surface area contributed by atoms with Gasteiger partial charge in [0.15, 0.2) is 11.5 Å². The molecule has 0 saturated heterocycles. The molecule has 0 bridgehead atoms. The number of nitrogens with zero attached hydrogens (tertiary/aromatic N) is 1. The van der Waals surface area contributed by atoms with Gasteiger partial charge in [0, 0.05) is 11.8 Å². The van der Waals surface area contributed by atoms with Crippen LogP contribution in [0.3, 0.4) is 0 Å². The summed E-state index contributed by atoms with van der Waals surface area (Å²) in [6.07, 6.45) is 1.62. The molecule has 2 rings (SSSR count). The molecule has 1 aromatic heterocycles. The van der Waals surface area contributed by atoms with E-state index >= 15 is 0 Å². The fourth-order valence-corrected chi connectivity index (χ4v) is 0.843. The molecule has 0 aliphatic carbocycles. The Kier molecular flexibility index (Phi) is 1.03. The van der Waals surface area contributed by atoms with E-state index in [0.717, 1.165) is 5.75 Å². The minimum absolute atomic E-state index is 0.292. The summed E-state index contributed by atoms with van der Waals surface area (Å²) in [6.45, 7) is 3.94. The van der Waals surface area contributed by atoms with Crippen molar-refractivity contribution in [1.29, 1.82) is 0 Å². The van der Waals surface area contributed by atoms with Crippen LogP contribution in [0.4, 0.5) is 0 Å². The molecule has 1 aliphatic rings. The molecular weight excluding hydrogens is 130 g/mol. The van der Waals surface area contributed by atoms with Gasteiger partial charge in [0.1, 0.15) is 0 Å². The van der Waals surface area contributed by atoms with Gasteiger partial charge in [-0.1, -0.05) is 0 Å². The molecular formula is C7H6NO2. The van der Waals surface area contributed by atoms with E-state index in [1.54, 1.807) is 12.3 Å². The number of aromatic nitrogens is 1. The lowest BCUT2D eigenvalue weighted by molar-refractivity contribution is 0.174. The van der Waals surface area contributed by atoms with E-state index in [1.165, 1.54) is 0 Å². The van der Waals surface area contributed by atoms with E-state index in [2.05, 4.69) is 11.9 Å². The van der Waals surface area contributed by atoms with Gasteiger partial charge in [-0.15, -0.1) is 0 Å². The predicted molar refractivity (Wildman–Crippen MR) is 34.8 cm³/mol. The van der Waals surface area contributed by atoms with E-state index < -0.39 is 0 Å². The topological polar surface area (TPSA) is 31.4 Å². The Labute approximate surface area is 58.6 Å². The molecule has 0 amide bonds. The quantitative estimate of drug-likeness (QED) is 0.533. The standard InChI is InChI=1S/C7H6NO2/c1-5-2-6-7(3-8-5)10-4-9-6/h2-3H,1,4H2. The summed E-state index contributed by atoms with van der Waals surface area (Å²) in [5.74, 6) is 1.44. The second kappa shape index (κ2) is 1.87. The molecule has 0 unspecified atom stereocenters. The highest BCUT2D eigenvalue weighted by molar-refractivity contribution is 5.41. The van der Waals surface area contributed by atoms with Crippen LogP contribution in [0.25, 0.3) is 0 Å². The Morgan fingerprint density at radius 1 is 1.40 bits per heavy atom. The summed E-state index contributed by atoms with van der Waals surface area (Å²) in [7, 11) is 0. The molecule has 1 aliphatic heterocycles. The van der Waals surface area contributed by atoms with Crippen LogP contribution in [0, 0.1) is 6.92 Å². The van der Waals surface area contributed by atoms with Gasteiger partial charge in [-0.2, -0.15) is 0 Å². The maximum Gasteiger partial charge on any atom is 0.231 e. The van der Waals surface area contributed by atoms with Gasteiger partial charge in [-0.3, -0.25) is 4.98 Å². The third-order valence-corrected chi connectivity index (χ3v) is 1.32. The highest BCUT2D eigenvalue weighted by Gasteiger charge is 2.12. The molecule has 0 fully saturated rings. The van der Waals surface area contributed by atoms with Gasteiger partial charge < -0.3 is 9.47 Å². The number of ether oxygens (including phenoxy) is 2. The van der Waals surface area contributed by atoms with Crippen LogP contribution in [-0.4, -0.2) is 11.8 Å². The highest BCUT2D eigenvalue weighted by Crippen LogP contribution is 2.30. The van der Waals surface area contributed by atoms with Gasteiger partial charge in [0.25, 0.3) is 0 Å². The van der Waals surface area contributed by atoms with Gasteiger partial charge in [0.2, 0.25) is 6.79 Å². The zero-order chi connectivity index (χ0) is 6.97. The molecule has 0 N–H and O–H groups in total. The highest BCUT2D eigenvalue weighted by atomic mass is 16.7. The van der Waals surface area contributed by atoms with Gasteiger partial charge in [0.05, 0.1) is 6.20 Å². The monoisotopic (exact) mass is 136 g/mol. The number of hydrogen-bond donors (Lipinski definition) is 0. The first-order valence-electron chi connectivity index (χ1n) is 2.94. The Morgan fingerprint density at radius 2 is 2.20 bits per heavy atom. The number of fused-ring (bicyclic) bond motifs is 1. The maximum atomic E-state index is 5.08. The fraction of sp³-hybridized carbons (Fsp3) is 0.143. The molecule has 1 aromatic rings. The normalized spacial score (nSPS) is 13.7. The van der Waals surface area contributed by atoms with E-state index in [4.69, 9.17) is 9.47 Å². The van der Waals surface area contributed by atoms with Gasteiger partial charge in [-0.05, 0) is 6.92 Å². The summed E-state index contributed by atoms with van der Waals surface area (Å²) >= 11 is 0. The first-order chi connectivity index (χ1) is 4.86. The van der Waals surface area contributed by atoms with Crippen LogP contribution in [0.1, 0.15) is 5.69 Å². The molecule has 0 atom stereocenters. The second-order valence-electron chi connectivity index (χ2n) is 2.03. The first kappa shape index (κ1) is 5.53. The van der Waals surface area contributed by atoms with Crippen LogP contribution in [-0.2, 0) is 0 Å². The third-order valence-electron chi connectivity index (χ3n) is 1.32. The summed E-state index contributed by atoms with van der Waals surface area (Å²) in [5, 5.41) is 0. The molecule has 1 radical (unpaired) electrons. The van der Waals surface area contributed by atoms with Gasteiger partial charge >= 0.3 is 0 Å². The third kappa shape index (κ3) is 0.708. The largest absolute Gasteiger partial charge is 0.453 e. The molecule has 3 heteroatoms. The predicted octanol–water partition coefficient (Wildman–Crippen LogP) is 0.992. The van der Waals surface area contributed by atoms with Crippen LogP contribution in [0.2, 0.25) is 0 Å². The lowest BCUT2D eigenvalue weighted by atomic mass is 10.3. The van der Waals surface area contributed by atoms with Crippen molar-refractivity contribution in [2.45, 2.75) is 0 Å². The van der Waals surface area contributed by atoms with Crippen molar-refractivity contribution in [2.75, 3.05) is 6.79 Å². The van der Waals surface area contributed by atoms with Crippen molar-refractivity contribution >= 4 is 0 Å². The molecule has 0 aromatic carbocycles. The lowest BCUT2D eigenvalue weighted by Crippen LogP contribution is -1.92. The van der Waals surface area contributed by atoms with E-state index in [9.17, 15) is 0 Å². The van der Waals surface area contributed by atoms with E-state index in [0.29, 0.717) is 18.2 Å². The van der Waals surface area contributed by atoms with E-state index in [1.807, 2.05) is 0 Å². The first-order valence-corrected chi connectivity index (χ1v) is 2.94. The van der Waals surface area contributed by atoms with Crippen molar-refractivity contribution in [1.82, 2.24) is 4.98 Å². The molecule has 3 nitrogen and oxygen atoms in total. The smallest absolute Gasteiger partial charge is 0.231 e. The minimum atomic E-state index is 0.292. The van der Waals surface area contributed by atoms with Crippen molar-refractivity contribution < 1.29 is 9.47 Å². The average Bonchev–Trinajstić information content (AvgIpc) is 2.33. The van der Waals surface area contributed by atoms with E-state index in [-0.39, 0.29) is 0 Å². The Morgan fingerprint density at radius 3 is 3.10 bits per heavy atom. The van der Waals surface area contributed by atoms with Crippen molar-refractivity contribution in [3.05, 3.63) is 24.9 Å². The summed E-state index contributed by atoms with van der Waals surface area (Å²) < 4.78 is 10.1. The zero-order valence-electron chi connectivity index (χ0n) is 5.33. The van der Waals surface area contributed by atoms with Crippen molar-refractivity contribution in [3.63, 3.8) is 0 Å².